The average Bonchev–Trinajstić information content (AvgIpc) is 2.50. The first-order valence-electron chi connectivity index (χ1n) is 3.00. The topological polar surface area (TPSA) is 58.0 Å². The standard InChI is InChI=1S/C6H5N3OS/c10-9-5-4-1-2-11-6(4)8-3-7-5/h1-3,10H,(H,7,8,9). The molecule has 0 spiro atoms. The number of aromatic nitrogens is 2. The van der Waals surface area contributed by atoms with Crippen molar-refractivity contribution in [3.05, 3.63) is 17.8 Å². The van der Waals surface area contributed by atoms with Gasteiger partial charge >= 0.3 is 0 Å². The molecule has 0 aliphatic rings. The summed E-state index contributed by atoms with van der Waals surface area (Å²) in [5.74, 6) is 0.455. The highest BCUT2D eigenvalue weighted by Crippen LogP contribution is 2.22. The summed E-state index contributed by atoms with van der Waals surface area (Å²) in [4.78, 5) is 8.71. The average molecular weight is 167 g/mol. The van der Waals surface area contributed by atoms with E-state index < -0.39 is 0 Å². The molecule has 2 N–H and O–H groups in total. The zero-order chi connectivity index (χ0) is 7.68. The van der Waals surface area contributed by atoms with Crippen LogP contribution >= 0.6 is 11.3 Å². The van der Waals surface area contributed by atoms with Gasteiger partial charge in [0.2, 0.25) is 0 Å². The number of hydrogen-bond acceptors (Lipinski definition) is 5. The fourth-order valence-electron chi connectivity index (χ4n) is 0.879. The van der Waals surface area contributed by atoms with E-state index in [0.29, 0.717) is 5.82 Å². The van der Waals surface area contributed by atoms with Gasteiger partial charge in [0, 0.05) is 0 Å². The molecule has 0 unspecified atom stereocenters. The van der Waals surface area contributed by atoms with Crippen LogP contribution in [0.3, 0.4) is 0 Å². The second-order valence-corrected chi connectivity index (χ2v) is 2.87. The van der Waals surface area contributed by atoms with Gasteiger partial charge in [-0.2, -0.15) is 0 Å². The van der Waals surface area contributed by atoms with Gasteiger partial charge in [-0.05, 0) is 11.4 Å². The van der Waals surface area contributed by atoms with Gasteiger partial charge in [0.25, 0.3) is 0 Å². The van der Waals surface area contributed by atoms with Gasteiger partial charge in [-0.1, -0.05) is 0 Å². The third-order valence-corrected chi connectivity index (χ3v) is 2.19. The van der Waals surface area contributed by atoms with Crippen molar-refractivity contribution in [3.63, 3.8) is 0 Å². The number of fused-ring (bicyclic) bond motifs is 1. The Labute approximate surface area is 66.5 Å². The molecule has 0 atom stereocenters. The van der Waals surface area contributed by atoms with Crippen LogP contribution in [0.5, 0.6) is 0 Å². The fourth-order valence-corrected chi connectivity index (χ4v) is 1.61. The van der Waals surface area contributed by atoms with Gasteiger partial charge in [0.05, 0.1) is 5.39 Å². The summed E-state index contributed by atoms with van der Waals surface area (Å²) in [6.07, 6.45) is 1.41. The summed E-state index contributed by atoms with van der Waals surface area (Å²) in [5.41, 5.74) is 2.01. The van der Waals surface area contributed by atoms with Crippen LogP contribution in [0.15, 0.2) is 17.8 Å². The minimum absolute atomic E-state index is 0.455. The minimum Gasteiger partial charge on any atom is -0.290 e. The molecule has 0 aromatic carbocycles. The quantitative estimate of drug-likeness (QED) is 0.632. The van der Waals surface area contributed by atoms with Crippen molar-refractivity contribution in [2.24, 2.45) is 0 Å². The molecular weight excluding hydrogens is 162 g/mol. The van der Waals surface area contributed by atoms with E-state index in [1.54, 1.807) is 0 Å². The van der Waals surface area contributed by atoms with Crippen molar-refractivity contribution >= 4 is 27.4 Å². The molecule has 0 aliphatic carbocycles. The lowest BCUT2D eigenvalue weighted by atomic mass is 10.4. The molecule has 5 heteroatoms. The molecule has 0 radical (unpaired) electrons. The lowest BCUT2D eigenvalue weighted by Gasteiger charge is -1.96. The molecule has 0 fully saturated rings. The molecule has 2 heterocycles. The number of hydrogen-bond donors (Lipinski definition) is 2. The Balaban J connectivity index is 2.79. The Morgan fingerprint density at radius 3 is 3.18 bits per heavy atom. The summed E-state index contributed by atoms with van der Waals surface area (Å²) in [7, 11) is 0. The maximum atomic E-state index is 8.62. The Morgan fingerprint density at radius 1 is 1.45 bits per heavy atom. The van der Waals surface area contributed by atoms with E-state index in [2.05, 4.69) is 9.97 Å². The van der Waals surface area contributed by atoms with Gasteiger partial charge in [0.15, 0.2) is 5.82 Å². The molecule has 11 heavy (non-hydrogen) atoms. The zero-order valence-electron chi connectivity index (χ0n) is 5.48. The van der Waals surface area contributed by atoms with Crippen molar-refractivity contribution in [1.29, 1.82) is 0 Å². The van der Waals surface area contributed by atoms with Crippen LogP contribution in [0.25, 0.3) is 10.2 Å². The Kier molecular flexibility index (Phi) is 1.45. The first-order chi connectivity index (χ1) is 5.42. The molecule has 2 aromatic heterocycles. The molecule has 0 saturated heterocycles. The summed E-state index contributed by atoms with van der Waals surface area (Å²) in [6.45, 7) is 0. The van der Waals surface area contributed by atoms with Crippen LogP contribution < -0.4 is 5.48 Å². The molecule has 0 bridgehead atoms. The smallest absolute Gasteiger partial charge is 0.161 e. The van der Waals surface area contributed by atoms with Gasteiger partial charge in [-0.3, -0.25) is 10.7 Å². The predicted molar refractivity (Wildman–Crippen MR) is 42.8 cm³/mol. The van der Waals surface area contributed by atoms with Crippen LogP contribution in [0.1, 0.15) is 0 Å². The number of nitrogens with one attached hydrogen (secondary N) is 1. The van der Waals surface area contributed by atoms with E-state index in [1.165, 1.54) is 17.7 Å². The molecular formula is C6H5N3OS. The molecule has 0 amide bonds. The first-order valence-corrected chi connectivity index (χ1v) is 3.88. The Bertz CT molecular complexity index is 373. The van der Waals surface area contributed by atoms with Crippen molar-refractivity contribution in [3.8, 4) is 0 Å². The van der Waals surface area contributed by atoms with Crippen LogP contribution in [-0.4, -0.2) is 15.2 Å². The van der Waals surface area contributed by atoms with Crippen molar-refractivity contribution in [1.82, 2.24) is 9.97 Å². The van der Waals surface area contributed by atoms with E-state index in [1.807, 2.05) is 16.9 Å². The largest absolute Gasteiger partial charge is 0.290 e. The molecule has 0 saturated carbocycles. The molecule has 4 nitrogen and oxygen atoms in total. The van der Waals surface area contributed by atoms with E-state index in [4.69, 9.17) is 5.21 Å². The van der Waals surface area contributed by atoms with Gasteiger partial charge in [0.1, 0.15) is 11.2 Å². The predicted octanol–water partition coefficient (Wildman–Crippen LogP) is 1.49. The van der Waals surface area contributed by atoms with E-state index in [0.717, 1.165) is 10.2 Å². The maximum absolute atomic E-state index is 8.62. The summed E-state index contributed by atoms with van der Waals surface area (Å²) in [6, 6.07) is 1.86. The van der Waals surface area contributed by atoms with Crippen molar-refractivity contribution in [2.75, 3.05) is 5.48 Å². The Hall–Kier alpha value is -1.20. The van der Waals surface area contributed by atoms with Crippen molar-refractivity contribution in [2.45, 2.75) is 0 Å². The Morgan fingerprint density at radius 2 is 2.36 bits per heavy atom. The third kappa shape index (κ3) is 0.941. The highest BCUT2D eigenvalue weighted by atomic mass is 32.1. The summed E-state index contributed by atoms with van der Waals surface area (Å²) >= 11 is 1.51. The summed E-state index contributed by atoms with van der Waals surface area (Å²) < 4.78 is 0. The third-order valence-electron chi connectivity index (χ3n) is 1.37. The molecule has 2 aromatic rings. The highest BCUT2D eigenvalue weighted by Gasteiger charge is 2.01. The van der Waals surface area contributed by atoms with E-state index >= 15 is 0 Å². The first kappa shape index (κ1) is 6.51. The number of thiophene rings is 1. The van der Waals surface area contributed by atoms with Crippen LogP contribution in [0.4, 0.5) is 5.82 Å². The minimum atomic E-state index is 0.455. The SMILES string of the molecule is ONc1ncnc2sccc12. The zero-order valence-corrected chi connectivity index (χ0v) is 6.30. The lowest BCUT2D eigenvalue weighted by molar-refractivity contribution is 0.387. The number of rotatable bonds is 1. The van der Waals surface area contributed by atoms with E-state index in [-0.39, 0.29) is 0 Å². The highest BCUT2D eigenvalue weighted by molar-refractivity contribution is 7.16. The van der Waals surface area contributed by atoms with Crippen LogP contribution in [-0.2, 0) is 0 Å². The normalized spacial score (nSPS) is 10.3. The van der Waals surface area contributed by atoms with Gasteiger partial charge in [-0.15, -0.1) is 11.3 Å². The number of anilines is 1. The number of nitrogens with zero attached hydrogens (tertiary/aromatic N) is 2. The monoisotopic (exact) mass is 167 g/mol. The second-order valence-electron chi connectivity index (χ2n) is 1.97. The fraction of sp³-hybridized carbons (Fsp3) is 0. The lowest BCUT2D eigenvalue weighted by Crippen LogP contribution is -1.93. The van der Waals surface area contributed by atoms with E-state index in [9.17, 15) is 0 Å². The van der Waals surface area contributed by atoms with Crippen LogP contribution in [0, 0.1) is 0 Å². The van der Waals surface area contributed by atoms with Gasteiger partial charge < -0.3 is 0 Å². The maximum Gasteiger partial charge on any atom is 0.161 e. The van der Waals surface area contributed by atoms with Gasteiger partial charge in [-0.25, -0.2) is 9.97 Å². The summed E-state index contributed by atoms with van der Waals surface area (Å²) in [5, 5.41) is 11.4. The van der Waals surface area contributed by atoms with Crippen molar-refractivity contribution < 1.29 is 5.21 Å². The molecule has 2 rings (SSSR count). The van der Waals surface area contributed by atoms with Crippen LogP contribution in [0.2, 0.25) is 0 Å². The molecule has 0 aliphatic heterocycles. The second kappa shape index (κ2) is 2.44. The molecule has 56 valence electrons.